The van der Waals surface area contributed by atoms with Gasteiger partial charge in [-0.3, -0.25) is 38.4 Å². The second kappa shape index (κ2) is 66.2. The van der Waals surface area contributed by atoms with Crippen LogP contribution in [-0.4, -0.2) is 154 Å². The molecule has 2 saturated heterocycles. The number of hydrogen-bond donors (Lipinski definition) is 7. The molecule has 0 spiro atoms. The van der Waals surface area contributed by atoms with Crippen molar-refractivity contribution in [2.24, 2.45) is 15.5 Å². The van der Waals surface area contributed by atoms with Crippen molar-refractivity contribution < 1.29 is 61.2 Å². The van der Waals surface area contributed by atoms with Crippen LogP contribution in [0.3, 0.4) is 0 Å². The number of halogens is 2. The number of guanidine groups is 1. The maximum absolute atomic E-state index is 13.7. The predicted octanol–water partition coefficient (Wildman–Crippen LogP) is 21.8. The van der Waals surface area contributed by atoms with Crippen molar-refractivity contribution in [3.8, 4) is 0 Å². The summed E-state index contributed by atoms with van der Waals surface area (Å²) in [6.45, 7) is 7.23. The SMILES string of the molecule is C.CC(C)(C)OO.CO.COP(N=C=O)OC.COP1(=O)N(C)C(=O)NC1(c1ccccc1)c1ccccc1.COP1(=O)N(C)C(=S)NC1(c1ccccc1)c1ccccc1.COP1(=O)N(C)C(N)=NC1(c1ccccc1)c1ccccc1.CP.ClCCl.N.N=C(c1ccccc1)c1ccccc1.PC(P)(P)P.PC(P)P.PCP.PPC(P)(P)P. The predicted molar refractivity (Wildman–Crippen MR) is 576 cm³/mol. The molecule has 3 aliphatic heterocycles. The third-order valence-electron chi connectivity index (χ3n) is 15.2. The number of urea groups is 1. The van der Waals surface area contributed by atoms with Crippen LogP contribution < -0.4 is 22.5 Å². The number of thiocarbonyl (C=S) groups is 1. The smallest absolute Gasteiger partial charge is 0.334 e. The van der Waals surface area contributed by atoms with Crippen LogP contribution in [-0.2, 0) is 61.8 Å². The van der Waals surface area contributed by atoms with E-state index in [0.717, 1.165) is 65.8 Å². The Balaban J connectivity index is -0.000000659. The van der Waals surface area contributed by atoms with Crippen molar-refractivity contribution in [1.29, 1.82) is 5.41 Å². The van der Waals surface area contributed by atoms with E-state index in [2.05, 4.69) is 163 Å². The molecule has 3 aliphatic rings. The van der Waals surface area contributed by atoms with Gasteiger partial charge in [-0.1, -0.05) is 265 Å². The van der Waals surface area contributed by atoms with E-state index in [0.29, 0.717) is 16.0 Å². The molecule has 18 atom stereocenters. The molecule has 0 aliphatic carbocycles. The fraction of sp³-hybridized carbons (Fsp3) is 0.303. The van der Waals surface area contributed by atoms with Gasteiger partial charge >= 0.3 is 37.1 Å². The summed E-state index contributed by atoms with van der Waals surface area (Å²) in [5.41, 5.74) is 12.8. The Kier molecular flexibility index (Phi) is 69.0. The van der Waals surface area contributed by atoms with Gasteiger partial charge in [-0.25, -0.2) is 19.5 Å². The second-order valence-electron chi connectivity index (χ2n) is 24.4. The first-order chi connectivity index (χ1) is 56.1. The van der Waals surface area contributed by atoms with Gasteiger partial charge in [0.05, 0.1) is 16.7 Å². The average Bonchev–Trinajstić information content (AvgIpc) is 1.58. The summed E-state index contributed by atoms with van der Waals surface area (Å²) in [5.74, 6) is 1.29. The Morgan fingerprint density at radius 2 is 0.810 bits per heavy atom. The molecule has 23 nitrogen and oxygen atoms in total. The number of aliphatic hydroxyl groups is 1. The van der Waals surface area contributed by atoms with E-state index in [-0.39, 0.29) is 33.6 Å². The molecule has 2 amide bonds. The summed E-state index contributed by atoms with van der Waals surface area (Å²) >= 11 is 14.9. The number of alkyl halides is 2. The lowest BCUT2D eigenvalue weighted by Gasteiger charge is -2.35. The van der Waals surface area contributed by atoms with Crippen LogP contribution in [0.5, 0.6) is 0 Å². The Morgan fingerprint density at radius 1 is 0.579 bits per heavy atom. The zero-order chi connectivity index (χ0) is 91.5. The maximum atomic E-state index is 13.7. The highest BCUT2D eigenvalue weighted by Gasteiger charge is 2.64. The molecule has 11 rings (SSSR count). The lowest BCUT2D eigenvalue weighted by molar-refractivity contribution is -0.306. The van der Waals surface area contributed by atoms with Gasteiger partial charge in [0.1, 0.15) is 0 Å². The molecule has 18 unspecified atom stereocenters. The summed E-state index contributed by atoms with van der Waals surface area (Å²) in [6.07, 6.45) is 1.32. The van der Waals surface area contributed by atoms with E-state index in [9.17, 15) is 23.3 Å². The van der Waals surface area contributed by atoms with Crippen LogP contribution in [0.1, 0.15) is 72.7 Å². The van der Waals surface area contributed by atoms with Crippen LogP contribution in [0.2, 0.25) is 0 Å². The van der Waals surface area contributed by atoms with Gasteiger partial charge in [0.15, 0.2) is 21.6 Å². The van der Waals surface area contributed by atoms with Crippen LogP contribution in [0, 0.1) is 5.41 Å². The Hall–Kier alpha value is -1.17. The largest absolute Gasteiger partial charge is 0.400 e. The number of nitrogens with two attached hydrogens (primary N) is 1. The van der Waals surface area contributed by atoms with E-state index in [1.165, 1.54) is 58.0 Å². The summed E-state index contributed by atoms with van der Waals surface area (Å²) in [6, 6.07) is 75.9. The molecule has 121 heavy (non-hydrogen) atoms. The fourth-order valence-corrected chi connectivity index (χ4v) is 18.5. The van der Waals surface area contributed by atoms with Gasteiger partial charge in [0.25, 0.3) is 0 Å². The average molecular weight is 2080 g/mol. The van der Waals surface area contributed by atoms with Crippen molar-refractivity contribution in [2.45, 2.75) is 63.5 Å². The topological polar surface area (TPSA) is 325 Å². The molecular weight excluding hydrogens is 1950 g/mol. The Bertz CT molecular complexity index is 4050. The minimum atomic E-state index is -3.51. The number of benzene rings is 8. The third kappa shape index (κ3) is 40.2. The van der Waals surface area contributed by atoms with Crippen LogP contribution in [0.4, 0.5) is 4.79 Å². The Labute approximate surface area is 771 Å². The number of isocyanates is 1. The van der Waals surface area contributed by atoms with Crippen LogP contribution in [0.25, 0.3) is 0 Å². The lowest BCUT2D eigenvalue weighted by atomic mass is 9.98. The normalized spacial score (nSPS) is 16.9. The fourth-order valence-electron chi connectivity index (χ4n) is 10.2. The second-order valence-corrected chi connectivity index (χ2v) is 58.1. The van der Waals surface area contributed by atoms with Crippen LogP contribution in [0.15, 0.2) is 252 Å². The molecular formula is C76H127Cl2N10O13P19S. The number of aliphatic hydroxyl groups excluding tert-OH is 1. The quantitative estimate of drug-likeness (QED) is 0.00953. The number of carbonyl (C=O) groups is 1. The number of rotatable bonds is 15. The first-order valence-corrected chi connectivity index (χ1v) is 53.9. The highest BCUT2D eigenvalue weighted by molar-refractivity contribution is 8.11. The number of aliphatic imine (C=N–C) groups is 1. The van der Waals surface area contributed by atoms with Crippen molar-refractivity contribution in [1.82, 2.24) is 30.8 Å². The summed E-state index contributed by atoms with van der Waals surface area (Å²) < 4.78 is 74.4. The van der Waals surface area contributed by atoms with Crippen LogP contribution >= 0.6 is 204 Å². The summed E-state index contributed by atoms with van der Waals surface area (Å²) in [4.78, 5) is 30.3. The molecule has 0 saturated carbocycles. The molecule has 0 bridgehead atoms. The molecule has 0 aromatic heterocycles. The van der Waals surface area contributed by atoms with Crippen molar-refractivity contribution in [3.63, 3.8) is 0 Å². The van der Waals surface area contributed by atoms with E-state index in [1.807, 2.05) is 249 Å². The molecule has 2 fully saturated rings. The monoisotopic (exact) mass is 2080 g/mol. The standard InChI is InChI=1S/C16H18N3O2P.C16H17N2O3P.C16H17N2O2PS.C13H11N.C4H10O2.C3H6NO3P.CH2Cl2.CH4O.CH9P5.CH8P4.CH7P3.CH6P2.CH5P.CH4.H3N/c1-19-15(17)18-16(22(19,20)21-2,13-9-5-3-6-10-13)14-11-7-4-8-12-14;1-18-15(19)17-16(22(18,20)21-2,13-9-5-3-6-10-13)14-11-7-4-8-12-14;1-18-15(22)17-16(21(18,19)20-2,13-9-5-3-6-10-13)14-11-7-4-8-12-14;14-13(11-7-3-1-4-8-11)12-9-5-2-6-10-12;1-4(2,3)6-5;1-6-8(7-2)4-3-5;2-1-3;1-2;2-1(3,4)6-5;2-1(3,4)5;2-1(3)4;2-1-3;1-2;;/h3-12H,1-2H3,(H2,17,18);3-12H,1-2H3,(H,17,19);3-12H,1-2H3,(H,17,22);1-10,14H;5H,1-3H3;1-2H3;1H2;2H,1H3;6H,2-5H2;2-5H2;1H,2-4H2;1-3H2;2H2,1H3;1H4;1H3. The van der Waals surface area contributed by atoms with Gasteiger partial charge in [0, 0.05) is 77.7 Å². The molecule has 8 aromatic rings. The number of amides is 2. The number of hydrogen-bond acceptors (Lipinski definition) is 19. The summed E-state index contributed by atoms with van der Waals surface area (Å²) in [5, 5.41) is 26.9. The first-order valence-electron chi connectivity index (χ1n) is 34.9. The van der Waals surface area contributed by atoms with Crippen molar-refractivity contribution in [3.05, 3.63) is 287 Å². The summed E-state index contributed by atoms with van der Waals surface area (Å²) in [7, 11) is 38.8. The van der Waals surface area contributed by atoms with Gasteiger partial charge < -0.3 is 50.2 Å². The van der Waals surface area contributed by atoms with Gasteiger partial charge in [-0.15, -0.1) is 157 Å². The van der Waals surface area contributed by atoms with Gasteiger partial charge in [0.2, 0.25) is 11.4 Å². The highest BCUT2D eigenvalue weighted by Crippen LogP contribution is 2.73. The number of nitrogens with zero attached hydrogens (tertiary/aromatic N) is 5. The molecule has 10 N–H and O–H groups in total. The molecule has 45 heteroatoms. The number of carbonyl (C=O) groups excluding carboxylic acids is 2. The zero-order valence-electron chi connectivity index (χ0n) is 69.5. The number of nitrogens with one attached hydrogen (secondary N) is 3. The molecule has 8 aromatic carbocycles. The first kappa shape index (κ1) is 126. The lowest BCUT2D eigenvalue weighted by Crippen LogP contribution is -2.39. The van der Waals surface area contributed by atoms with E-state index in [4.69, 9.17) is 70.5 Å². The van der Waals surface area contributed by atoms with Crippen molar-refractivity contribution >= 4 is 233 Å². The molecule has 674 valence electrons. The molecule has 0 radical (unpaired) electrons. The zero-order valence-corrected chi connectivity index (χ0v) is 92.6. The minimum absolute atomic E-state index is 0. The Morgan fingerprint density at radius 3 is 1.02 bits per heavy atom. The highest BCUT2D eigenvalue weighted by atomic mass is 35.5. The van der Waals surface area contributed by atoms with E-state index in [1.54, 1.807) is 39.5 Å². The van der Waals surface area contributed by atoms with Gasteiger partial charge in [-0.2, -0.15) is 0 Å². The van der Waals surface area contributed by atoms with E-state index >= 15 is 0 Å². The third-order valence-corrected chi connectivity index (χ3v) is 31.9. The molecule has 3 heterocycles. The van der Waals surface area contributed by atoms with Crippen molar-refractivity contribution in [2.75, 3.05) is 81.7 Å². The van der Waals surface area contributed by atoms with E-state index < -0.39 is 58.6 Å². The minimum Gasteiger partial charge on any atom is -0.400 e. The maximum Gasteiger partial charge on any atom is 0.334 e. The van der Waals surface area contributed by atoms with Gasteiger partial charge in [-0.05, 0) is 83.4 Å².